The fourth-order valence-corrected chi connectivity index (χ4v) is 2.58. The van der Waals surface area contributed by atoms with Crippen molar-refractivity contribution in [1.82, 2.24) is 20.0 Å². The predicted octanol–water partition coefficient (Wildman–Crippen LogP) is 1.50. The lowest BCUT2D eigenvalue weighted by atomic mass is 10.3. The SMILES string of the molecule is NC(=O)c1ccc(NCc2ccn(C3CCCC3)n2)nn1. The van der Waals surface area contributed by atoms with Gasteiger partial charge in [-0.15, -0.1) is 10.2 Å². The Morgan fingerprint density at radius 3 is 2.76 bits per heavy atom. The zero-order valence-electron chi connectivity index (χ0n) is 11.7. The van der Waals surface area contributed by atoms with Gasteiger partial charge in [-0.05, 0) is 31.0 Å². The van der Waals surface area contributed by atoms with Crippen molar-refractivity contribution in [2.45, 2.75) is 38.3 Å². The minimum absolute atomic E-state index is 0.158. The van der Waals surface area contributed by atoms with Crippen LogP contribution >= 0.6 is 0 Å². The van der Waals surface area contributed by atoms with Crippen molar-refractivity contribution in [3.05, 3.63) is 35.8 Å². The standard InChI is InChI=1S/C14H18N6O/c15-14(21)12-5-6-13(18-17-12)16-9-10-7-8-20(19-10)11-3-1-2-4-11/h5-8,11H,1-4,9H2,(H2,15,21)(H,16,18). The Morgan fingerprint density at radius 2 is 2.10 bits per heavy atom. The second-order valence-electron chi connectivity index (χ2n) is 5.25. The average molecular weight is 286 g/mol. The second kappa shape index (κ2) is 5.90. The molecule has 1 aliphatic carbocycles. The van der Waals surface area contributed by atoms with Gasteiger partial charge in [-0.3, -0.25) is 9.48 Å². The number of carbonyl (C=O) groups is 1. The number of primary amides is 1. The molecule has 0 bridgehead atoms. The van der Waals surface area contributed by atoms with Crippen LogP contribution in [0.15, 0.2) is 24.4 Å². The Balaban J connectivity index is 1.58. The number of nitrogens with two attached hydrogens (primary N) is 1. The van der Waals surface area contributed by atoms with Gasteiger partial charge in [-0.1, -0.05) is 12.8 Å². The van der Waals surface area contributed by atoms with Gasteiger partial charge in [0.25, 0.3) is 5.91 Å². The van der Waals surface area contributed by atoms with E-state index in [1.807, 2.05) is 12.3 Å². The van der Waals surface area contributed by atoms with Gasteiger partial charge in [0.05, 0.1) is 18.3 Å². The van der Waals surface area contributed by atoms with E-state index in [-0.39, 0.29) is 5.69 Å². The van der Waals surface area contributed by atoms with Crippen LogP contribution < -0.4 is 11.1 Å². The normalized spacial score (nSPS) is 15.2. The smallest absolute Gasteiger partial charge is 0.269 e. The highest BCUT2D eigenvalue weighted by atomic mass is 16.1. The maximum atomic E-state index is 10.9. The van der Waals surface area contributed by atoms with Crippen LogP contribution in [0.3, 0.4) is 0 Å². The van der Waals surface area contributed by atoms with Gasteiger partial charge in [0, 0.05) is 6.20 Å². The van der Waals surface area contributed by atoms with E-state index in [1.54, 1.807) is 12.1 Å². The fraction of sp³-hybridized carbons (Fsp3) is 0.429. The van der Waals surface area contributed by atoms with Crippen LogP contribution in [0.25, 0.3) is 0 Å². The molecule has 110 valence electrons. The molecule has 0 aliphatic heterocycles. The van der Waals surface area contributed by atoms with Gasteiger partial charge in [0.15, 0.2) is 5.69 Å². The Bertz CT molecular complexity index is 615. The van der Waals surface area contributed by atoms with E-state index >= 15 is 0 Å². The molecule has 0 radical (unpaired) electrons. The quantitative estimate of drug-likeness (QED) is 0.867. The van der Waals surface area contributed by atoms with E-state index in [9.17, 15) is 4.79 Å². The molecule has 2 aromatic heterocycles. The van der Waals surface area contributed by atoms with Crippen LogP contribution in [0.2, 0.25) is 0 Å². The third kappa shape index (κ3) is 3.18. The highest BCUT2D eigenvalue weighted by molar-refractivity contribution is 5.90. The maximum absolute atomic E-state index is 10.9. The van der Waals surface area contributed by atoms with E-state index in [0.29, 0.717) is 18.4 Å². The Labute approximate surface area is 122 Å². The zero-order valence-corrected chi connectivity index (χ0v) is 11.7. The Morgan fingerprint density at radius 1 is 1.29 bits per heavy atom. The van der Waals surface area contributed by atoms with Crippen molar-refractivity contribution >= 4 is 11.7 Å². The minimum atomic E-state index is -0.579. The van der Waals surface area contributed by atoms with Crippen molar-refractivity contribution in [2.75, 3.05) is 5.32 Å². The topological polar surface area (TPSA) is 98.7 Å². The first kappa shape index (κ1) is 13.5. The molecule has 7 nitrogen and oxygen atoms in total. The van der Waals surface area contributed by atoms with Crippen molar-refractivity contribution in [3.63, 3.8) is 0 Å². The summed E-state index contributed by atoms with van der Waals surface area (Å²) in [7, 11) is 0. The molecule has 0 atom stereocenters. The highest BCUT2D eigenvalue weighted by Gasteiger charge is 2.17. The fourth-order valence-electron chi connectivity index (χ4n) is 2.58. The van der Waals surface area contributed by atoms with E-state index in [1.165, 1.54) is 25.7 Å². The molecule has 0 saturated heterocycles. The lowest BCUT2D eigenvalue weighted by Gasteiger charge is -2.09. The summed E-state index contributed by atoms with van der Waals surface area (Å²) in [6, 6.07) is 5.79. The van der Waals surface area contributed by atoms with E-state index in [2.05, 4.69) is 25.3 Å². The summed E-state index contributed by atoms with van der Waals surface area (Å²) in [6.45, 7) is 0.574. The second-order valence-corrected chi connectivity index (χ2v) is 5.25. The van der Waals surface area contributed by atoms with Gasteiger partial charge in [-0.25, -0.2) is 0 Å². The monoisotopic (exact) mass is 286 g/mol. The third-order valence-corrected chi connectivity index (χ3v) is 3.73. The summed E-state index contributed by atoms with van der Waals surface area (Å²) in [5, 5.41) is 15.4. The van der Waals surface area contributed by atoms with Crippen molar-refractivity contribution in [2.24, 2.45) is 5.73 Å². The number of nitrogens with zero attached hydrogens (tertiary/aromatic N) is 4. The summed E-state index contributed by atoms with van der Waals surface area (Å²) in [6.07, 6.45) is 7.05. The van der Waals surface area contributed by atoms with Crippen LogP contribution in [0, 0.1) is 0 Å². The summed E-state index contributed by atoms with van der Waals surface area (Å²) in [5.41, 5.74) is 6.24. The van der Waals surface area contributed by atoms with E-state index < -0.39 is 5.91 Å². The Hall–Kier alpha value is -2.44. The molecule has 7 heteroatoms. The van der Waals surface area contributed by atoms with Crippen molar-refractivity contribution < 1.29 is 4.79 Å². The molecule has 1 aliphatic rings. The Kier molecular flexibility index (Phi) is 3.81. The van der Waals surface area contributed by atoms with Gasteiger partial charge in [0.2, 0.25) is 0 Å². The van der Waals surface area contributed by atoms with Crippen LogP contribution in [-0.4, -0.2) is 25.9 Å². The molecular weight excluding hydrogens is 268 g/mol. The molecular formula is C14H18N6O. The number of rotatable bonds is 5. The van der Waals surface area contributed by atoms with Crippen LogP contribution in [0.1, 0.15) is 47.9 Å². The number of aromatic nitrogens is 4. The first-order chi connectivity index (χ1) is 10.2. The van der Waals surface area contributed by atoms with Crippen LogP contribution in [-0.2, 0) is 6.54 Å². The molecule has 0 unspecified atom stereocenters. The molecule has 1 amide bonds. The first-order valence-electron chi connectivity index (χ1n) is 7.14. The van der Waals surface area contributed by atoms with Gasteiger partial charge in [-0.2, -0.15) is 5.10 Å². The first-order valence-corrected chi connectivity index (χ1v) is 7.14. The zero-order chi connectivity index (χ0) is 14.7. The molecule has 1 fully saturated rings. The number of hydrogen-bond donors (Lipinski definition) is 2. The number of amides is 1. The average Bonchev–Trinajstić information content (AvgIpc) is 3.16. The van der Waals surface area contributed by atoms with E-state index in [4.69, 9.17) is 5.73 Å². The number of carbonyl (C=O) groups excluding carboxylic acids is 1. The van der Waals surface area contributed by atoms with Gasteiger partial charge in [0.1, 0.15) is 5.82 Å². The van der Waals surface area contributed by atoms with E-state index in [0.717, 1.165) is 5.69 Å². The lowest BCUT2D eigenvalue weighted by Crippen LogP contribution is -2.14. The summed E-state index contributed by atoms with van der Waals surface area (Å²) >= 11 is 0. The minimum Gasteiger partial charge on any atom is -0.364 e. The maximum Gasteiger partial charge on any atom is 0.269 e. The predicted molar refractivity (Wildman–Crippen MR) is 77.6 cm³/mol. The third-order valence-electron chi connectivity index (χ3n) is 3.73. The molecule has 2 heterocycles. The number of anilines is 1. The van der Waals surface area contributed by atoms with Crippen molar-refractivity contribution in [3.8, 4) is 0 Å². The summed E-state index contributed by atoms with van der Waals surface area (Å²) < 4.78 is 2.06. The highest BCUT2D eigenvalue weighted by Crippen LogP contribution is 2.28. The molecule has 3 rings (SSSR count). The number of nitrogens with one attached hydrogen (secondary N) is 1. The molecule has 3 N–H and O–H groups in total. The molecule has 0 aromatic carbocycles. The largest absolute Gasteiger partial charge is 0.364 e. The van der Waals surface area contributed by atoms with Crippen molar-refractivity contribution in [1.29, 1.82) is 0 Å². The molecule has 2 aromatic rings. The van der Waals surface area contributed by atoms with Crippen LogP contribution in [0.5, 0.6) is 0 Å². The van der Waals surface area contributed by atoms with Crippen LogP contribution in [0.4, 0.5) is 5.82 Å². The molecule has 1 saturated carbocycles. The molecule has 21 heavy (non-hydrogen) atoms. The summed E-state index contributed by atoms with van der Waals surface area (Å²) in [4.78, 5) is 10.9. The number of hydrogen-bond acceptors (Lipinski definition) is 5. The molecule has 0 spiro atoms. The van der Waals surface area contributed by atoms with Gasteiger partial charge < -0.3 is 11.1 Å². The summed E-state index contributed by atoms with van der Waals surface area (Å²) in [5.74, 6) is 0.0137. The lowest BCUT2D eigenvalue weighted by molar-refractivity contribution is 0.0994. The van der Waals surface area contributed by atoms with Gasteiger partial charge >= 0.3 is 0 Å².